The van der Waals surface area contributed by atoms with Crippen LogP contribution >= 0.6 is 0 Å². The van der Waals surface area contributed by atoms with E-state index in [1.54, 1.807) is 0 Å². The second-order valence-corrected chi connectivity index (χ2v) is 10.3. The van der Waals surface area contributed by atoms with Crippen molar-refractivity contribution in [3.05, 3.63) is 95.6 Å². The maximum atomic E-state index is 12.9. The Bertz CT molecular complexity index is 1190. The van der Waals surface area contributed by atoms with E-state index in [0.29, 0.717) is 12.7 Å². The number of para-hydroxylation sites is 2. The molecule has 1 atom stereocenters. The molecule has 1 unspecified atom stereocenters. The Balaban J connectivity index is 1.08. The van der Waals surface area contributed by atoms with Gasteiger partial charge in [0.05, 0.1) is 6.67 Å². The molecule has 0 aromatic heterocycles. The number of amides is 1. The lowest BCUT2D eigenvalue weighted by atomic mass is 9.85. The second-order valence-electron chi connectivity index (χ2n) is 10.3. The van der Waals surface area contributed by atoms with Crippen LogP contribution in [-0.2, 0) is 24.2 Å². The molecule has 0 bridgehead atoms. The number of fused-ring (bicyclic) bond motifs is 1. The Morgan fingerprint density at radius 2 is 1.66 bits per heavy atom. The predicted molar refractivity (Wildman–Crippen MR) is 141 cm³/mol. The van der Waals surface area contributed by atoms with Crippen LogP contribution in [0, 0.1) is 0 Å². The quantitative estimate of drug-likeness (QED) is 0.578. The van der Waals surface area contributed by atoms with Gasteiger partial charge in [0.25, 0.3) is 0 Å². The fraction of sp³-hybridized carbons (Fsp3) is 0.367. The van der Waals surface area contributed by atoms with Crippen molar-refractivity contribution in [2.75, 3.05) is 30.0 Å². The lowest BCUT2D eigenvalue weighted by Gasteiger charge is -2.43. The minimum atomic E-state index is -0.414. The Labute approximate surface area is 208 Å². The van der Waals surface area contributed by atoms with Crippen LogP contribution in [-0.4, -0.2) is 42.1 Å². The Morgan fingerprint density at radius 1 is 0.886 bits per heavy atom. The third kappa shape index (κ3) is 4.41. The van der Waals surface area contributed by atoms with E-state index in [9.17, 15) is 4.79 Å². The minimum Gasteiger partial charge on any atom is -0.382 e. The van der Waals surface area contributed by atoms with Crippen LogP contribution in [0.1, 0.15) is 36.0 Å². The Hall–Kier alpha value is -3.31. The van der Waals surface area contributed by atoms with Gasteiger partial charge in [0.15, 0.2) is 0 Å². The van der Waals surface area contributed by atoms with E-state index >= 15 is 0 Å². The summed E-state index contributed by atoms with van der Waals surface area (Å²) in [5, 5.41) is 6.85. The molecule has 3 aliphatic rings. The first-order valence-electron chi connectivity index (χ1n) is 13.0. The highest BCUT2D eigenvalue weighted by Crippen LogP contribution is 2.36. The monoisotopic (exact) mass is 466 g/mol. The summed E-state index contributed by atoms with van der Waals surface area (Å²) in [5.74, 6) is 0.185. The molecule has 1 spiro atoms. The van der Waals surface area contributed by atoms with Gasteiger partial charge in [0.2, 0.25) is 5.91 Å². The number of carbonyl (C=O) groups is 1. The molecule has 2 N–H and O–H groups in total. The molecule has 0 radical (unpaired) electrons. The van der Waals surface area contributed by atoms with Crippen molar-refractivity contribution in [2.24, 2.45) is 0 Å². The summed E-state index contributed by atoms with van der Waals surface area (Å²) in [6.45, 7) is 3.41. The van der Waals surface area contributed by atoms with E-state index in [0.717, 1.165) is 51.0 Å². The number of rotatable bonds is 5. The number of hydrogen-bond donors (Lipinski definition) is 2. The van der Waals surface area contributed by atoms with Crippen molar-refractivity contribution in [3.63, 3.8) is 0 Å². The average molecular weight is 467 g/mol. The Kier molecular flexibility index (Phi) is 5.95. The van der Waals surface area contributed by atoms with E-state index < -0.39 is 5.54 Å². The summed E-state index contributed by atoms with van der Waals surface area (Å²) >= 11 is 0. The lowest BCUT2D eigenvalue weighted by molar-refractivity contribution is -0.125. The van der Waals surface area contributed by atoms with Gasteiger partial charge < -0.3 is 15.5 Å². The zero-order valence-corrected chi connectivity index (χ0v) is 20.2. The molecule has 180 valence electrons. The van der Waals surface area contributed by atoms with Crippen molar-refractivity contribution < 1.29 is 4.79 Å². The number of carbonyl (C=O) groups excluding carboxylic acids is 1. The number of nitrogens with zero attached hydrogens (tertiary/aromatic N) is 2. The van der Waals surface area contributed by atoms with Gasteiger partial charge in [-0.3, -0.25) is 9.69 Å². The van der Waals surface area contributed by atoms with Crippen LogP contribution in [0.15, 0.2) is 78.9 Å². The van der Waals surface area contributed by atoms with Gasteiger partial charge in [-0.05, 0) is 67.0 Å². The minimum absolute atomic E-state index is 0.185. The van der Waals surface area contributed by atoms with Crippen LogP contribution in [0.25, 0.3) is 0 Å². The molecular formula is C30H34N4O. The number of aryl methyl sites for hydroxylation is 1. The standard InChI is InChI=1S/C30H34N4O/c35-29-30(34(22-31-29)27-10-2-1-3-11-27)15-17-33(18-16-30)21-24-8-6-7-23(19-24)20-26-14-13-25-9-4-5-12-28(25)32-26/h1-12,19,26,32H,13-18,20-22H2,(H,31,35). The van der Waals surface area contributed by atoms with E-state index in [4.69, 9.17) is 0 Å². The van der Waals surface area contributed by atoms with Crippen LogP contribution in [0.4, 0.5) is 11.4 Å². The normalized spacial score (nSPS) is 21.4. The van der Waals surface area contributed by atoms with Crippen molar-refractivity contribution >= 4 is 17.3 Å². The first kappa shape index (κ1) is 22.2. The first-order chi connectivity index (χ1) is 17.2. The summed E-state index contributed by atoms with van der Waals surface area (Å²) < 4.78 is 0. The van der Waals surface area contributed by atoms with E-state index in [-0.39, 0.29) is 5.91 Å². The number of nitrogens with one attached hydrogen (secondary N) is 2. The van der Waals surface area contributed by atoms with Crippen LogP contribution in [0.2, 0.25) is 0 Å². The van der Waals surface area contributed by atoms with Crippen LogP contribution < -0.4 is 15.5 Å². The molecular weight excluding hydrogens is 432 g/mol. The van der Waals surface area contributed by atoms with Gasteiger partial charge in [0.1, 0.15) is 5.54 Å². The van der Waals surface area contributed by atoms with Gasteiger partial charge >= 0.3 is 0 Å². The third-order valence-corrected chi connectivity index (χ3v) is 8.11. The molecule has 0 saturated carbocycles. The summed E-state index contributed by atoms with van der Waals surface area (Å²) in [5.41, 5.74) is 6.21. The molecule has 3 heterocycles. The fourth-order valence-electron chi connectivity index (χ4n) is 6.17. The molecule has 3 aromatic rings. The smallest absolute Gasteiger partial charge is 0.247 e. The molecule has 3 aliphatic heterocycles. The van der Waals surface area contributed by atoms with Gasteiger partial charge in [0, 0.05) is 37.1 Å². The fourth-order valence-corrected chi connectivity index (χ4v) is 6.17. The van der Waals surface area contributed by atoms with Gasteiger partial charge in [-0.2, -0.15) is 0 Å². The van der Waals surface area contributed by atoms with Crippen molar-refractivity contribution in [1.29, 1.82) is 0 Å². The highest BCUT2D eigenvalue weighted by Gasteiger charge is 2.50. The zero-order valence-electron chi connectivity index (χ0n) is 20.2. The second kappa shape index (κ2) is 9.38. The topological polar surface area (TPSA) is 47.6 Å². The molecule has 6 rings (SSSR count). The van der Waals surface area contributed by atoms with Crippen molar-refractivity contribution in [3.8, 4) is 0 Å². The molecule has 5 heteroatoms. The van der Waals surface area contributed by atoms with E-state index in [2.05, 4.69) is 93.2 Å². The number of likely N-dealkylation sites (tertiary alicyclic amines) is 1. The molecule has 3 aromatic carbocycles. The molecule has 2 fully saturated rings. The highest BCUT2D eigenvalue weighted by molar-refractivity contribution is 5.93. The first-order valence-corrected chi connectivity index (χ1v) is 13.0. The highest BCUT2D eigenvalue weighted by atomic mass is 16.2. The largest absolute Gasteiger partial charge is 0.382 e. The number of anilines is 2. The molecule has 5 nitrogen and oxygen atoms in total. The molecule has 2 saturated heterocycles. The lowest BCUT2D eigenvalue weighted by Crippen LogP contribution is -2.56. The van der Waals surface area contributed by atoms with Crippen molar-refractivity contribution in [2.45, 2.75) is 50.2 Å². The average Bonchev–Trinajstić information content (AvgIpc) is 3.21. The van der Waals surface area contributed by atoms with Gasteiger partial charge in [-0.1, -0.05) is 60.7 Å². The van der Waals surface area contributed by atoms with Crippen molar-refractivity contribution in [1.82, 2.24) is 10.2 Å². The predicted octanol–water partition coefficient (Wildman–Crippen LogP) is 4.58. The Morgan fingerprint density at radius 3 is 2.51 bits per heavy atom. The number of hydrogen-bond acceptors (Lipinski definition) is 4. The third-order valence-electron chi connectivity index (χ3n) is 8.11. The summed E-state index contributed by atoms with van der Waals surface area (Å²) in [6.07, 6.45) is 5.10. The van der Waals surface area contributed by atoms with E-state index in [1.807, 2.05) is 6.07 Å². The zero-order chi connectivity index (χ0) is 23.7. The van der Waals surface area contributed by atoms with Gasteiger partial charge in [-0.25, -0.2) is 0 Å². The number of benzene rings is 3. The molecule has 1 amide bonds. The summed E-state index contributed by atoms with van der Waals surface area (Å²) in [4.78, 5) is 17.7. The number of piperidine rings is 1. The SMILES string of the molecule is O=C1NCN(c2ccccc2)C12CCN(Cc1cccc(CC3CCc4ccccc4N3)c1)CC2. The van der Waals surface area contributed by atoms with Crippen LogP contribution in [0.5, 0.6) is 0 Å². The van der Waals surface area contributed by atoms with Gasteiger partial charge in [-0.15, -0.1) is 0 Å². The van der Waals surface area contributed by atoms with Crippen LogP contribution in [0.3, 0.4) is 0 Å². The maximum absolute atomic E-state index is 12.9. The summed E-state index contributed by atoms with van der Waals surface area (Å²) in [7, 11) is 0. The maximum Gasteiger partial charge on any atom is 0.247 e. The molecule has 0 aliphatic carbocycles. The molecule has 35 heavy (non-hydrogen) atoms. The van der Waals surface area contributed by atoms with E-state index in [1.165, 1.54) is 28.8 Å². The summed E-state index contributed by atoms with van der Waals surface area (Å²) in [6, 6.07) is 28.6.